The normalized spacial score (nSPS) is 9.92. The van der Waals surface area contributed by atoms with Gasteiger partial charge in [0.2, 0.25) is 5.91 Å². The largest absolute Gasteiger partial charge is 0.452 e. The van der Waals surface area contributed by atoms with Crippen molar-refractivity contribution in [3.8, 4) is 0 Å². The third-order valence-corrected chi connectivity index (χ3v) is 3.12. The highest BCUT2D eigenvalue weighted by molar-refractivity contribution is 6.30. The first-order valence-corrected chi connectivity index (χ1v) is 7.42. The lowest BCUT2D eigenvalue weighted by molar-refractivity contribution is -0.119. The van der Waals surface area contributed by atoms with Gasteiger partial charge in [0.15, 0.2) is 6.61 Å². The molecule has 0 saturated carbocycles. The fraction of sp³-hybridized carbons (Fsp3) is 0.118. The quantitative estimate of drug-likeness (QED) is 0.815. The molecular weight excluding hydrogens is 332 g/mol. The molecule has 7 heteroatoms. The molecule has 24 heavy (non-hydrogen) atoms. The minimum Gasteiger partial charge on any atom is -0.452 e. The molecule has 2 aromatic carbocycles. The lowest BCUT2D eigenvalue weighted by atomic mass is 10.2. The second-order valence-corrected chi connectivity index (χ2v) is 5.33. The maximum atomic E-state index is 11.9. The Morgan fingerprint density at radius 3 is 2.33 bits per heavy atom. The van der Waals surface area contributed by atoms with Crippen molar-refractivity contribution < 1.29 is 19.1 Å². The fourth-order valence-electron chi connectivity index (χ4n) is 1.87. The molecule has 124 valence electrons. The average Bonchev–Trinajstić information content (AvgIpc) is 2.53. The van der Waals surface area contributed by atoms with Gasteiger partial charge in [-0.3, -0.25) is 9.59 Å². The van der Waals surface area contributed by atoms with Crippen molar-refractivity contribution in [2.24, 2.45) is 0 Å². The number of rotatable bonds is 5. The Morgan fingerprint density at radius 2 is 1.71 bits per heavy atom. The Morgan fingerprint density at radius 1 is 1.00 bits per heavy atom. The van der Waals surface area contributed by atoms with Crippen LogP contribution in [0.1, 0.15) is 17.3 Å². The molecule has 0 spiro atoms. The van der Waals surface area contributed by atoms with Gasteiger partial charge in [-0.05, 0) is 42.5 Å². The van der Waals surface area contributed by atoms with E-state index in [1.807, 2.05) is 0 Å². The highest BCUT2D eigenvalue weighted by atomic mass is 35.5. The van der Waals surface area contributed by atoms with E-state index in [0.717, 1.165) is 0 Å². The molecule has 6 nitrogen and oxygen atoms in total. The maximum Gasteiger partial charge on any atom is 0.338 e. The summed E-state index contributed by atoms with van der Waals surface area (Å²) >= 11 is 5.82. The van der Waals surface area contributed by atoms with Gasteiger partial charge in [-0.2, -0.15) is 0 Å². The van der Waals surface area contributed by atoms with Gasteiger partial charge in [-0.25, -0.2) is 4.79 Å². The van der Waals surface area contributed by atoms with Crippen molar-refractivity contribution in [3.05, 3.63) is 59.1 Å². The van der Waals surface area contributed by atoms with Crippen LogP contribution < -0.4 is 10.6 Å². The Kier molecular flexibility index (Phi) is 5.92. The predicted molar refractivity (Wildman–Crippen MR) is 91.1 cm³/mol. The van der Waals surface area contributed by atoms with Gasteiger partial charge < -0.3 is 15.4 Å². The number of esters is 1. The second kappa shape index (κ2) is 8.12. The minimum atomic E-state index is -0.634. The van der Waals surface area contributed by atoms with E-state index >= 15 is 0 Å². The summed E-state index contributed by atoms with van der Waals surface area (Å²) in [6, 6.07) is 12.8. The van der Waals surface area contributed by atoms with Gasteiger partial charge in [0, 0.05) is 23.3 Å². The van der Waals surface area contributed by atoms with Crippen LogP contribution in [0.15, 0.2) is 48.5 Å². The van der Waals surface area contributed by atoms with Crippen molar-refractivity contribution in [2.75, 3.05) is 17.2 Å². The lowest BCUT2D eigenvalue weighted by Crippen LogP contribution is -2.20. The molecule has 0 aliphatic carbocycles. The number of nitrogens with one attached hydrogen (secondary N) is 2. The molecule has 0 fully saturated rings. The van der Waals surface area contributed by atoms with E-state index < -0.39 is 18.5 Å². The first-order chi connectivity index (χ1) is 11.4. The van der Waals surface area contributed by atoms with E-state index in [1.54, 1.807) is 36.4 Å². The molecule has 0 radical (unpaired) electrons. The molecule has 0 saturated heterocycles. The molecule has 2 rings (SSSR count). The molecule has 2 aromatic rings. The molecule has 0 bridgehead atoms. The van der Waals surface area contributed by atoms with Gasteiger partial charge in [0.1, 0.15) is 0 Å². The number of anilines is 2. The number of amides is 2. The van der Waals surface area contributed by atoms with Crippen molar-refractivity contribution in [3.63, 3.8) is 0 Å². The highest BCUT2D eigenvalue weighted by Gasteiger charge is 2.10. The van der Waals surface area contributed by atoms with Crippen LogP contribution in [0, 0.1) is 0 Å². The van der Waals surface area contributed by atoms with Gasteiger partial charge in [0.25, 0.3) is 5.91 Å². The van der Waals surface area contributed by atoms with E-state index in [4.69, 9.17) is 16.3 Å². The first kappa shape index (κ1) is 17.5. The molecule has 0 aliphatic rings. The topological polar surface area (TPSA) is 84.5 Å². The number of hydrogen-bond acceptors (Lipinski definition) is 4. The molecule has 0 unspecified atom stereocenters. The van der Waals surface area contributed by atoms with Crippen LogP contribution in [-0.2, 0) is 14.3 Å². The zero-order valence-corrected chi connectivity index (χ0v) is 13.6. The standard InChI is InChI=1S/C17H15ClN2O4/c1-11(21)19-14-7-5-12(6-8-14)17(23)24-10-16(22)20-15-4-2-3-13(18)9-15/h2-9H,10H2,1H3,(H,19,21)(H,20,22). The average molecular weight is 347 g/mol. The molecule has 2 N–H and O–H groups in total. The molecule has 0 aliphatic heterocycles. The number of ether oxygens (including phenoxy) is 1. The van der Waals surface area contributed by atoms with Crippen molar-refractivity contribution in [2.45, 2.75) is 6.92 Å². The summed E-state index contributed by atoms with van der Waals surface area (Å²) in [5.41, 5.74) is 1.36. The van der Waals surface area contributed by atoms with Crippen LogP contribution in [0.5, 0.6) is 0 Å². The number of halogens is 1. The lowest BCUT2D eigenvalue weighted by Gasteiger charge is -2.07. The van der Waals surface area contributed by atoms with E-state index in [1.165, 1.54) is 19.1 Å². The summed E-state index contributed by atoms with van der Waals surface area (Å²) in [5.74, 6) is -1.31. The molecule has 0 atom stereocenters. The van der Waals surface area contributed by atoms with Crippen LogP contribution in [0.25, 0.3) is 0 Å². The smallest absolute Gasteiger partial charge is 0.338 e. The SMILES string of the molecule is CC(=O)Nc1ccc(C(=O)OCC(=O)Nc2cccc(Cl)c2)cc1. The van der Waals surface area contributed by atoms with Gasteiger partial charge >= 0.3 is 5.97 Å². The number of carbonyl (C=O) groups is 3. The predicted octanol–water partition coefficient (Wildman–Crippen LogP) is 3.09. The third kappa shape index (κ3) is 5.40. The number of benzene rings is 2. The molecule has 0 aromatic heterocycles. The minimum absolute atomic E-state index is 0.206. The summed E-state index contributed by atoms with van der Waals surface area (Å²) in [5, 5.41) is 5.65. The van der Waals surface area contributed by atoms with E-state index in [9.17, 15) is 14.4 Å². The Hall–Kier alpha value is -2.86. The van der Waals surface area contributed by atoms with E-state index in [0.29, 0.717) is 16.4 Å². The monoisotopic (exact) mass is 346 g/mol. The molecular formula is C17H15ClN2O4. The van der Waals surface area contributed by atoms with Crippen LogP contribution >= 0.6 is 11.6 Å². The maximum absolute atomic E-state index is 11.9. The van der Waals surface area contributed by atoms with E-state index in [2.05, 4.69) is 10.6 Å². The zero-order chi connectivity index (χ0) is 17.5. The van der Waals surface area contributed by atoms with Crippen LogP contribution in [0.4, 0.5) is 11.4 Å². The number of carbonyl (C=O) groups excluding carboxylic acids is 3. The summed E-state index contributed by atoms with van der Waals surface area (Å²) in [6.45, 7) is 0.972. The first-order valence-electron chi connectivity index (χ1n) is 7.04. The summed E-state index contributed by atoms with van der Waals surface area (Å²) in [4.78, 5) is 34.6. The Labute approximate surface area is 143 Å². The summed E-state index contributed by atoms with van der Waals surface area (Å²) in [7, 11) is 0. The van der Waals surface area contributed by atoms with Crippen LogP contribution in [-0.4, -0.2) is 24.4 Å². The number of hydrogen-bond donors (Lipinski definition) is 2. The summed E-state index contributed by atoms with van der Waals surface area (Å²) < 4.78 is 4.94. The third-order valence-electron chi connectivity index (χ3n) is 2.88. The van der Waals surface area contributed by atoms with Crippen molar-refractivity contribution in [1.82, 2.24) is 0 Å². The van der Waals surface area contributed by atoms with Gasteiger partial charge in [0.05, 0.1) is 5.56 Å². The van der Waals surface area contributed by atoms with Crippen LogP contribution in [0.3, 0.4) is 0 Å². The van der Waals surface area contributed by atoms with Gasteiger partial charge in [-0.15, -0.1) is 0 Å². The van der Waals surface area contributed by atoms with Gasteiger partial charge in [-0.1, -0.05) is 17.7 Å². The van der Waals surface area contributed by atoms with Crippen molar-refractivity contribution >= 4 is 40.8 Å². The Bertz CT molecular complexity index is 759. The highest BCUT2D eigenvalue weighted by Crippen LogP contribution is 2.15. The zero-order valence-electron chi connectivity index (χ0n) is 12.8. The fourth-order valence-corrected chi connectivity index (χ4v) is 2.06. The molecule has 0 heterocycles. The van der Waals surface area contributed by atoms with E-state index in [-0.39, 0.29) is 11.5 Å². The Balaban J connectivity index is 1.86. The second-order valence-electron chi connectivity index (χ2n) is 4.89. The van der Waals surface area contributed by atoms with Crippen molar-refractivity contribution in [1.29, 1.82) is 0 Å². The van der Waals surface area contributed by atoms with Crippen LogP contribution in [0.2, 0.25) is 5.02 Å². The molecule has 2 amide bonds. The summed E-state index contributed by atoms with van der Waals surface area (Å²) in [6.07, 6.45) is 0.